The maximum absolute atomic E-state index is 11.3. The van der Waals surface area contributed by atoms with Crippen LogP contribution in [0.25, 0.3) is 0 Å². The normalized spacial score (nSPS) is 16.7. The molecular weight excluding hydrogens is 268 g/mol. The monoisotopic (exact) mass is 284 g/mol. The van der Waals surface area contributed by atoms with Gasteiger partial charge in [-0.2, -0.15) is 0 Å². The Balaban J connectivity index is 1.84. The van der Waals surface area contributed by atoms with Crippen LogP contribution in [0.3, 0.4) is 0 Å². The summed E-state index contributed by atoms with van der Waals surface area (Å²) in [7, 11) is 0. The lowest BCUT2D eigenvalue weighted by Crippen LogP contribution is -2.21. The van der Waals surface area contributed by atoms with Crippen molar-refractivity contribution in [2.24, 2.45) is 0 Å². The molecule has 1 atom stereocenters. The second kappa shape index (κ2) is 5.87. The number of rotatable bonds is 4. The van der Waals surface area contributed by atoms with Crippen LogP contribution < -0.4 is 9.47 Å². The zero-order valence-electron chi connectivity index (χ0n) is 11.5. The minimum atomic E-state index is -0.820. The molecule has 4 heteroatoms. The van der Waals surface area contributed by atoms with Crippen LogP contribution in [-0.2, 0) is 11.4 Å². The first-order valence-corrected chi connectivity index (χ1v) is 6.91. The topological polar surface area (TPSA) is 55.8 Å². The van der Waals surface area contributed by atoms with Gasteiger partial charge < -0.3 is 14.6 Å². The van der Waals surface area contributed by atoms with Crippen molar-refractivity contribution in [3.63, 3.8) is 0 Å². The molecule has 0 fully saturated rings. The number of aliphatic carboxylic acids is 1. The summed E-state index contributed by atoms with van der Waals surface area (Å²) in [6.45, 7) is 0.827. The zero-order chi connectivity index (χ0) is 14.7. The number of carboxylic acid groups (broad SMARTS) is 1. The van der Waals surface area contributed by atoms with Crippen LogP contribution in [0.1, 0.15) is 23.5 Å². The Kier molecular flexibility index (Phi) is 3.77. The van der Waals surface area contributed by atoms with Gasteiger partial charge in [0, 0.05) is 5.56 Å². The second-order valence-corrected chi connectivity index (χ2v) is 4.98. The second-order valence-electron chi connectivity index (χ2n) is 4.98. The fourth-order valence-electron chi connectivity index (χ4n) is 2.50. The van der Waals surface area contributed by atoms with E-state index in [-0.39, 0.29) is 0 Å². The van der Waals surface area contributed by atoms with Gasteiger partial charge in [0.25, 0.3) is 0 Å². The predicted molar refractivity (Wildman–Crippen MR) is 77.7 cm³/mol. The summed E-state index contributed by atoms with van der Waals surface area (Å²) in [5, 5.41) is 9.29. The smallest absolute Gasteiger partial charge is 0.311 e. The molecule has 1 N–H and O–H groups in total. The molecule has 1 aliphatic heterocycles. The molecule has 2 aromatic carbocycles. The van der Waals surface area contributed by atoms with Gasteiger partial charge in [0.1, 0.15) is 6.61 Å². The Morgan fingerprint density at radius 2 is 2.00 bits per heavy atom. The Hall–Kier alpha value is -2.49. The standard InChI is InChI=1S/C17H16O4/c18-17(19)14-9-10-20-16-13(14)7-4-8-15(16)21-11-12-5-2-1-3-6-12/h1-8,14H,9-11H2,(H,18,19). The van der Waals surface area contributed by atoms with Crippen LogP contribution in [0.5, 0.6) is 11.5 Å². The summed E-state index contributed by atoms with van der Waals surface area (Å²) in [6, 6.07) is 15.2. The van der Waals surface area contributed by atoms with Gasteiger partial charge in [-0.05, 0) is 18.1 Å². The lowest BCUT2D eigenvalue weighted by Gasteiger charge is -2.24. The molecule has 0 aromatic heterocycles. The predicted octanol–water partition coefficient (Wildman–Crippen LogP) is 3.22. The Morgan fingerprint density at radius 1 is 1.19 bits per heavy atom. The molecule has 0 amide bonds. The largest absolute Gasteiger partial charge is 0.489 e. The third kappa shape index (κ3) is 2.84. The Labute approximate surface area is 122 Å². The van der Waals surface area contributed by atoms with E-state index in [1.807, 2.05) is 42.5 Å². The van der Waals surface area contributed by atoms with E-state index in [4.69, 9.17) is 9.47 Å². The molecule has 108 valence electrons. The van der Waals surface area contributed by atoms with Crippen molar-refractivity contribution in [2.75, 3.05) is 6.61 Å². The average molecular weight is 284 g/mol. The molecule has 0 saturated heterocycles. The van der Waals surface area contributed by atoms with Crippen molar-refractivity contribution in [2.45, 2.75) is 18.9 Å². The first-order chi connectivity index (χ1) is 10.3. The minimum absolute atomic E-state index is 0.398. The molecule has 0 spiro atoms. The molecule has 2 aromatic rings. The molecule has 0 saturated carbocycles. The van der Waals surface area contributed by atoms with Crippen LogP contribution in [-0.4, -0.2) is 17.7 Å². The molecule has 21 heavy (non-hydrogen) atoms. The molecule has 0 radical (unpaired) electrons. The van der Waals surface area contributed by atoms with Gasteiger partial charge in [-0.15, -0.1) is 0 Å². The van der Waals surface area contributed by atoms with E-state index in [1.165, 1.54) is 0 Å². The number of hydrogen-bond acceptors (Lipinski definition) is 3. The van der Waals surface area contributed by atoms with E-state index in [9.17, 15) is 9.90 Å². The highest BCUT2D eigenvalue weighted by Gasteiger charge is 2.29. The number of ether oxygens (including phenoxy) is 2. The fraction of sp³-hybridized carbons (Fsp3) is 0.235. The van der Waals surface area contributed by atoms with Crippen molar-refractivity contribution >= 4 is 5.97 Å². The summed E-state index contributed by atoms with van der Waals surface area (Å²) in [5.74, 6) is -0.178. The quantitative estimate of drug-likeness (QED) is 0.936. The fourth-order valence-corrected chi connectivity index (χ4v) is 2.50. The van der Waals surface area contributed by atoms with Crippen LogP contribution in [0, 0.1) is 0 Å². The van der Waals surface area contributed by atoms with Crippen molar-refractivity contribution in [1.29, 1.82) is 0 Å². The van der Waals surface area contributed by atoms with E-state index in [2.05, 4.69) is 0 Å². The van der Waals surface area contributed by atoms with E-state index in [0.717, 1.165) is 5.56 Å². The molecule has 3 rings (SSSR count). The summed E-state index contributed by atoms with van der Waals surface area (Å²) in [6.07, 6.45) is 0.491. The van der Waals surface area contributed by atoms with Gasteiger partial charge in [-0.1, -0.05) is 42.5 Å². The highest BCUT2D eigenvalue weighted by Crippen LogP contribution is 2.40. The van der Waals surface area contributed by atoms with Gasteiger partial charge in [0.05, 0.1) is 12.5 Å². The molecule has 0 aliphatic carbocycles. The van der Waals surface area contributed by atoms with Crippen molar-refractivity contribution in [1.82, 2.24) is 0 Å². The van der Waals surface area contributed by atoms with Gasteiger partial charge in [0.15, 0.2) is 11.5 Å². The third-order valence-corrected chi connectivity index (χ3v) is 3.57. The van der Waals surface area contributed by atoms with E-state index >= 15 is 0 Å². The average Bonchev–Trinajstić information content (AvgIpc) is 2.53. The first kappa shape index (κ1) is 13.5. The number of para-hydroxylation sites is 1. The van der Waals surface area contributed by atoms with E-state index < -0.39 is 11.9 Å². The number of carbonyl (C=O) groups is 1. The maximum atomic E-state index is 11.3. The summed E-state index contributed by atoms with van der Waals surface area (Å²) in [5.41, 5.74) is 1.75. The van der Waals surface area contributed by atoms with Gasteiger partial charge >= 0.3 is 5.97 Å². The molecular formula is C17H16O4. The van der Waals surface area contributed by atoms with Crippen LogP contribution in [0.4, 0.5) is 0 Å². The molecule has 4 nitrogen and oxygen atoms in total. The highest BCUT2D eigenvalue weighted by molar-refractivity contribution is 5.78. The summed E-state index contributed by atoms with van der Waals surface area (Å²) in [4.78, 5) is 11.3. The van der Waals surface area contributed by atoms with Crippen molar-refractivity contribution < 1.29 is 19.4 Å². The van der Waals surface area contributed by atoms with Gasteiger partial charge in [-0.25, -0.2) is 0 Å². The Bertz CT molecular complexity index is 636. The lowest BCUT2D eigenvalue weighted by atomic mass is 9.93. The van der Waals surface area contributed by atoms with Crippen LogP contribution in [0.15, 0.2) is 48.5 Å². The lowest BCUT2D eigenvalue weighted by molar-refractivity contribution is -0.139. The SMILES string of the molecule is O=C(O)C1CCOc2c(OCc3ccccc3)cccc21. The van der Waals surface area contributed by atoms with E-state index in [1.54, 1.807) is 6.07 Å². The summed E-state index contributed by atoms with van der Waals surface area (Å²) < 4.78 is 11.4. The zero-order valence-corrected chi connectivity index (χ0v) is 11.5. The van der Waals surface area contributed by atoms with Gasteiger partial charge in [-0.3, -0.25) is 4.79 Å². The molecule has 1 heterocycles. The Morgan fingerprint density at radius 3 is 2.76 bits per heavy atom. The molecule has 0 bridgehead atoms. The third-order valence-electron chi connectivity index (χ3n) is 3.57. The van der Waals surface area contributed by atoms with Crippen LogP contribution in [0.2, 0.25) is 0 Å². The summed E-state index contributed by atoms with van der Waals surface area (Å²) >= 11 is 0. The number of carboxylic acids is 1. The van der Waals surface area contributed by atoms with Crippen molar-refractivity contribution in [3.05, 3.63) is 59.7 Å². The number of hydrogen-bond donors (Lipinski definition) is 1. The first-order valence-electron chi connectivity index (χ1n) is 6.91. The molecule has 1 unspecified atom stereocenters. The number of fused-ring (bicyclic) bond motifs is 1. The number of benzene rings is 2. The molecule has 1 aliphatic rings. The van der Waals surface area contributed by atoms with Gasteiger partial charge in [0.2, 0.25) is 0 Å². The maximum Gasteiger partial charge on any atom is 0.311 e. The minimum Gasteiger partial charge on any atom is -0.489 e. The van der Waals surface area contributed by atoms with Crippen molar-refractivity contribution in [3.8, 4) is 11.5 Å². The van der Waals surface area contributed by atoms with Crippen LogP contribution >= 0.6 is 0 Å². The van der Waals surface area contributed by atoms with E-state index in [0.29, 0.717) is 36.7 Å². The highest BCUT2D eigenvalue weighted by atomic mass is 16.5.